The average molecular weight is 510 g/mol. The van der Waals surface area contributed by atoms with Crippen LogP contribution >= 0.6 is 0 Å². The van der Waals surface area contributed by atoms with Crippen LogP contribution in [-0.4, -0.2) is 61.2 Å². The summed E-state index contributed by atoms with van der Waals surface area (Å²) in [5, 5.41) is 16.6. The number of rotatable bonds is 6. The van der Waals surface area contributed by atoms with Crippen molar-refractivity contribution in [2.75, 3.05) is 36.5 Å². The van der Waals surface area contributed by atoms with Crippen LogP contribution in [0.5, 0.6) is 0 Å². The molecule has 10 nitrogen and oxygen atoms in total. The van der Waals surface area contributed by atoms with E-state index in [-0.39, 0.29) is 0 Å². The Morgan fingerprint density at radius 2 is 1.71 bits per heavy atom. The van der Waals surface area contributed by atoms with Gasteiger partial charge in [-0.25, -0.2) is 9.97 Å². The van der Waals surface area contributed by atoms with Crippen LogP contribution in [0.3, 0.4) is 0 Å². The van der Waals surface area contributed by atoms with Gasteiger partial charge in [-0.1, -0.05) is 26.0 Å². The molecule has 3 aromatic heterocycles. The molecule has 0 saturated carbocycles. The first-order valence-corrected chi connectivity index (χ1v) is 12.9. The molecule has 194 valence electrons. The fraction of sp³-hybridized carbons (Fsp3) is 0.321. The summed E-state index contributed by atoms with van der Waals surface area (Å²) in [4.78, 5) is 16.6. The van der Waals surface area contributed by atoms with Gasteiger partial charge in [0.15, 0.2) is 5.82 Å². The predicted molar refractivity (Wildman–Crippen MR) is 149 cm³/mol. The standard InChI is InChI=1S/C28H31N9O/c1-17(2)26-32-27(34-33-26)19-5-8-21(9-6-19)29-25-16-23(30-28(31-25)37-11-13-38-14-12-37)20-7-10-22-18(3)35-36(4)24(22)15-20/h5-10,15-17H,11-14H2,1-4H3,(H,29,30,31)(H,32,33,34). The molecule has 10 heteroatoms. The second-order valence-corrected chi connectivity index (χ2v) is 9.88. The average Bonchev–Trinajstić information content (AvgIpc) is 3.54. The molecule has 5 aromatic rings. The molecule has 0 spiro atoms. The number of morpholine rings is 1. The molecule has 2 aromatic carbocycles. The van der Waals surface area contributed by atoms with Crippen LogP contribution in [0.25, 0.3) is 33.5 Å². The lowest BCUT2D eigenvalue weighted by molar-refractivity contribution is 0.122. The Morgan fingerprint density at radius 1 is 0.947 bits per heavy atom. The monoisotopic (exact) mass is 509 g/mol. The lowest BCUT2D eigenvalue weighted by Gasteiger charge is -2.27. The Hall–Kier alpha value is -4.31. The third-order valence-electron chi connectivity index (χ3n) is 6.81. The van der Waals surface area contributed by atoms with Crippen LogP contribution in [0.4, 0.5) is 17.5 Å². The third-order valence-corrected chi connectivity index (χ3v) is 6.81. The summed E-state index contributed by atoms with van der Waals surface area (Å²) in [7, 11) is 1.97. The molecule has 1 saturated heterocycles. The van der Waals surface area contributed by atoms with Crippen molar-refractivity contribution >= 4 is 28.4 Å². The van der Waals surface area contributed by atoms with Crippen molar-refractivity contribution in [2.24, 2.45) is 7.05 Å². The molecule has 6 rings (SSSR count). The maximum absolute atomic E-state index is 5.55. The quantitative estimate of drug-likeness (QED) is 0.335. The minimum Gasteiger partial charge on any atom is -0.378 e. The number of aryl methyl sites for hydroxylation is 2. The SMILES string of the molecule is Cc1nn(C)c2cc(-c3cc(Nc4ccc(-c5n[nH]c(C(C)C)n5)cc4)nc(N4CCOCC4)n3)ccc12. The Kier molecular flexibility index (Phi) is 6.24. The summed E-state index contributed by atoms with van der Waals surface area (Å²) in [6, 6.07) is 16.4. The fourth-order valence-corrected chi connectivity index (χ4v) is 4.66. The zero-order valence-corrected chi connectivity index (χ0v) is 22.1. The minimum absolute atomic E-state index is 0.299. The first-order chi connectivity index (χ1) is 18.4. The second-order valence-electron chi connectivity index (χ2n) is 9.88. The number of nitrogens with one attached hydrogen (secondary N) is 2. The zero-order chi connectivity index (χ0) is 26.2. The van der Waals surface area contributed by atoms with E-state index in [0.29, 0.717) is 30.9 Å². The predicted octanol–water partition coefficient (Wildman–Crippen LogP) is 4.83. The van der Waals surface area contributed by atoms with Gasteiger partial charge in [-0.05, 0) is 37.3 Å². The van der Waals surface area contributed by atoms with Gasteiger partial charge in [0.25, 0.3) is 0 Å². The van der Waals surface area contributed by atoms with E-state index in [1.165, 1.54) is 0 Å². The zero-order valence-electron chi connectivity index (χ0n) is 22.1. The van der Waals surface area contributed by atoms with Crippen molar-refractivity contribution < 1.29 is 4.74 Å². The normalized spacial score (nSPS) is 14.0. The topological polar surface area (TPSA) is 110 Å². The highest BCUT2D eigenvalue weighted by molar-refractivity contribution is 5.86. The molecule has 1 aliphatic heterocycles. The molecule has 1 aliphatic rings. The minimum atomic E-state index is 0.299. The van der Waals surface area contributed by atoms with Crippen molar-refractivity contribution in [1.82, 2.24) is 34.9 Å². The summed E-state index contributed by atoms with van der Waals surface area (Å²) in [6.07, 6.45) is 0. The van der Waals surface area contributed by atoms with Gasteiger partial charge in [0.05, 0.1) is 30.1 Å². The molecule has 0 radical (unpaired) electrons. The third kappa shape index (κ3) is 4.70. The van der Waals surface area contributed by atoms with E-state index < -0.39 is 0 Å². The Bertz CT molecular complexity index is 1580. The van der Waals surface area contributed by atoms with Crippen LogP contribution in [-0.2, 0) is 11.8 Å². The number of nitrogens with zero attached hydrogens (tertiary/aromatic N) is 7. The molecule has 1 fully saturated rings. The second kappa shape index (κ2) is 9.86. The first kappa shape index (κ1) is 24.1. The molecule has 0 bridgehead atoms. The largest absolute Gasteiger partial charge is 0.378 e. The van der Waals surface area contributed by atoms with Gasteiger partial charge >= 0.3 is 0 Å². The van der Waals surface area contributed by atoms with Gasteiger partial charge in [0.1, 0.15) is 11.6 Å². The van der Waals surface area contributed by atoms with Gasteiger partial charge in [-0.3, -0.25) is 9.78 Å². The molecule has 0 unspecified atom stereocenters. The van der Waals surface area contributed by atoms with Gasteiger partial charge in [0, 0.05) is 54.3 Å². The number of hydrogen-bond donors (Lipinski definition) is 2. The van der Waals surface area contributed by atoms with Crippen molar-refractivity contribution in [3.8, 4) is 22.6 Å². The summed E-state index contributed by atoms with van der Waals surface area (Å²) >= 11 is 0. The van der Waals surface area contributed by atoms with Crippen LogP contribution in [0, 0.1) is 6.92 Å². The fourth-order valence-electron chi connectivity index (χ4n) is 4.66. The summed E-state index contributed by atoms with van der Waals surface area (Å²) < 4.78 is 7.47. The number of aromatic nitrogens is 7. The van der Waals surface area contributed by atoms with Crippen molar-refractivity contribution in [3.05, 3.63) is 60.0 Å². The van der Waals surface area contributed by atoms with E-state index >= 15 is 0 Å². The van der Waals surface area contributed by atoms with Crippen molar-refractivity contribution in [3.63, 3.8) is 0 Å². The molecular formula is C28H31N9O. The maximum Gasteiger partial charge on any atom is 0.228 e. The highest BCUT2D eigenvalue weighted by Gasteiger charge is 2.18. The van der Waals surface area contributed by atoms with Gasteiger partial charge in [-0.15, -0.1) is 0 Å². The van der Waals surface area contributed by atoms with Crippen LogP contribution in [0.15, 0.2) is 48.5 Å². The number of aromatic amines is 1. The summed E-state index contributed by atoms with van der Waals surface area (Å²) in [6.45, 7) is 9.05. The highest BCUT2D eigenvalue weighted by Crippen LogP contribution is 2.29. The van der Waals surface area contributed by atoms with Crippen molar-refractivity contribution in [1.29, 1.82) is 0 Å². The molecule has 0 atom stereocenters. The molecular weight excluding hydrogens is 478 g/mol. The van der Waals surface area contributed by atoms with Crippen LogP contribution in [0.1, 0.15) is 31.3 Å². The lowest BCUT2D eigenvalue weighted by Crippen LogP contribution is -2.37. The number of fused-ring (bicyclic) bond motifs is 1. The van der Waals surface area contributed by atoms with Gasteiger partial charge in [0.2, 0.25) is 5.95 Å². The molecule has 4 heterocycles. The number of hydrogen-bond acceptors (Lipinski definition) is 8. The molecule has 38 heavy (non-hydrogen) atoms. The van der Waals surface area contributed by atoms with Crippen molar-refractivity contribution in [2.45, 2.75) is 26.7 Å². The van der Waals surface area contributed by atoms with Gasteiger partial charge in [-0.2, -0.15) is 15.2 Å². The van der Waals surface area contributed by atoms with E-state index in [1.54, 1.807) is 0 Å². The van der Waals surface area contributed by atoms with E-state index in [4.69, 9.17) is 14.7 Å². The Morgan fingerprint density at radius 3 is 2.45 bits per heavy atom. The highest BCUT2D eigenvalue weighted by atomic mass is 16.5. The molecule has 2 N–H and O–H groups in total. The molecule has 0 aliphatic carbocycles. The van der Waals surface area contributed by atoms with Gasteiger partial charge < -0.3 is 15.0 Å². The Labute approximate surface area is 221 Å². The number of benzene rings is 2. The maximum atomic E-state index is 5.55. The number of anilines is 3. The van der Waals surface area contributed by atoms with E-state index in [0.717, 1.165) is 63.8 Å². The van der Waals surface area contributed by atoms with E-state index in [9.17, 15) is 0 Å². The van der Waals surface area contributed by atoms with Crippen LogP contribution in [0.2, 0.25) is 0 Å². The van der Waals surface area contributed by atoms with E-state index in [1.807, 2.05) is 49.0 Å². The number of H-pyrrole nitrogens is 1. The lowest BCUT2D eigenvalue weighted by atomic mass is 10.1. The Balaban J connectivity index is 1.33. The number of ether oxygens (including phenoxy) is 1. The summed E-state index contributed by atoms with van der Waals surface area (Å²) in [5.41, 5.74) is 5.83. The van der Waals surface area contributed by atoms with Crippen LogP contribution < -0.4 is 10.2 Å². The smallest absolute Gasteiger partial charge is 0.228 e. The summed E-state index contributed by atoms with van der Waals surface area (Å²) in [5.74, 6) is 3.29. The first-order valence-electron chi connectivity index (χ1n) is 12.9. The van der Waals surface area contributed by atoms with E-state index in [2.05, 4.69) is 62.5 Å². The molecule has 0 amide bonds.